The van der Waals surface area contributed by atoms with Crippen LogP contribution in [0.5, 0.6) is 0 Å². The molecule has 6 aliphatic rings. The first-order valence-electron chi connectivity index (χ1n) is 21.8. The summed E-state index contributed by atoms with van der Waals surface area (Å²) in [5.41, 5.74) is 7.02. The predicted octanol–water partition coefficient (Wildman–Crippen LogP) is 4.18. The molecule has 0 spiro atoms. The van der Waals surface area contributed by atoms with E-state index in [4.69, 9.17) is 5.10 Å². The molecule has 63 heavy (non-hydrogen) atoms. The van der Waals surface area contributed by atoms with Crippen LogP contribution in [0.4, 0.5) is 20.3 Å². The second-order valence-electron chi connectivity index (χ2n) is 17.6. The summed E-state index contributed by atoms with van der Waals surface area (Å²) in [6, 6.07) is 5.93. The smallest absolute Gasteiger partial charge is 0.264 e. The largest absolute Gasteiger partial charge is 0.343 e. The molecule has 8 heterocycles. The molecule has 4 aromatic rings. The number of carbonyl (C=O) groups is 6. The molecule has 6 amide bonds. The summed E-state index contributed by atoms with van der Waals surface area (Å²) in [6.45, 7) is 5.74. The minimum atomic E-state index is -2.70. The SMILES string of the molecule is CC(=O)N1CCc2c(c(N3CCCc4cc(-c5cnn(C)c5)c(C(F)F)cc43)nn2C2CCN(C(=O)CCN3Cc4cc5c(cc4C3)C(=O)N(C3CCC(=O)NC3=O)C5=O)CC2)C1. The maximum atomic E-state index is 14.7. The van der Waals surface area contributed by atoms with E-state index in [2.05, 4.69) is 24.9 Å². The van der Waals surface area contributed by atoms with E-state index in [1.165, 1.54) is 0 Å². The Hall–Kier alpha value is -6.30. The number of carbonyl (C=O) groups excluding carboxylic acids is 6. The average molecular weight is 863 g/mol. The highest BCUT2D eigenvalue weighted by molar-refractivity contribution is 6.23. The maximum absolute atomic E-state index is 14.7. The van der Waals surface area contributed by atoms with Crippen molar-refractivity contribution in [2.24, 2.45) is 7.05 Å². The fourth-order valence-corrected chi connectivity index (χ4v) is 10.4. The highest BCUT2D eigenvalue weighted by Crippen LogP contribution is 2.44. The number of amides is 6. The number of alkyl halides is 2. The summed E-state index contributed by atoms with van der Waals surface area (Å²) in [4.78, 5) is 86.0. The minimum Gasteiger partial charge on any atom is -0.343 e. The van der Waals surface area contributed by atoms with Gasteiger partial charge in [0.25, 0.3) is 18.2 Å². The number of imide groups is 2. The number of aromatic nitrogens is 4. The Morgan fingerprint density at radius 2 is 1.56 bits per heavy atom. The number of rotatable bonds is 8. The van der Waals surface area contributed by atoms with E-state index >= 15 is 0 Å². The molecule has 1 N–H and O–H groups in total. The van der Waals surface area contributed by atoms with Gasteiger partial charge in [-0.1, -0.05) is 0 Å². The van der Waals surface area contributed by atoms with E-state index in [-0.39, 0.29) is 47.4 Å². The van der Waals surface area contributed by atoms with Gasteiger partial charge in [0.05, 0.1) is 29.9 Å². The van der Waals surface area contributed by atoms with Crippen molar-refractivity contribution in [2.45, 2.75) is 96.4 Å². The van der Waals surface area contributed by atoms with Crippen molar-refractivity contribution in [2.75, 3.05) is 37.6 Å². The second-order valence-corrected chi connectivity index (χ2v) is 17.6. The summed E-state index contributed by atoms with van der Waals surface area (Å²) >= 11 is 0. The normalized spacial score (nSPS) is 20.4. The van der Waals surface area contributed by atoms with Crippen LogP contribution < -0.4 is 10.2 Å². The van der Waals surface area contributed by atoms with Gasteiger partial charge in [-0.15, -0.1) is 0 Å². The van der Waals surface area contributed by atoms with E-state index in [1.54, 1.807) is 49.2 Å². The van der Waals surface area contributed by atoms with Gasteiger partial charge < -0.3 is 14.7 Å². The number of piperidine rings is 2. The van der Waals surface area contributed by atoms with Gasteiger partial charge in [0, 0.05) is 113 Å². The minimum absolute atomic E-state index is 0.0145. The summed E-state index contributed by atoms with van der Waals surface area (Å²) < 4.78 is 33.1. The van der Waals surface area contributed by atoms with Crippen LogP contribution in [-0.2, 0) is 58.7 Å². The van der Waals surface area contributed by atoms with E-state index in [0.29, 0.717) is 101 Å². The van der Waals surface area contributed by atoms with Gasteiger partial charge in [0.2, 0.25) is 23.6 Å². The summed E-state index contributed by atoms with van der Waals surface area (Å²) in [7, 11) is 1.76. The summed E-state index contributed by atoms with van der Waals surface area (Å²) in [6.07, 6.45) is 4.65. The van der Waals surface area contributed by atoms with E-state index < -0.39 is 36.1 Å². The molecule has 16 nitrogen and oxygen atoms in total. The molecule has 10 rings (SSSR count). The van der Waals surface area contributed by atoms with E-state index in [9.17, 15) is 37.5 Å². The van der Waals surface area contributed by atoms with Crippen LogP contribution in [0.15, 0.2) is 36.7 Å². The zero-order chi connectivity index (χ0) is 43.8. The molecule has 2 fully saturated rings. The molecule has 0 radical (unpaired) electrons. The lowest BCUT2D eigenvalue weighted by atomic mass is 9.92. The van der Waals surface area contributed by atoms with Crippen molar-refractivity contribution in [1.29, 1.82) is 0 Å². The first kappa shape index (κ1) is 40.8. The van der Waals surface area contributed by atoms with Crippen LogP contribution in [0.2, 0.25) is 0 Å². The number of anilines is 2. The maximum Gasteiger partial charge on any atom is 0.264 e. The zero-order valence-electron chi connectivity index (χ0n) is 35.2. The predicted molar refractivity (Wildman–Crippen MR) is 223 cm³/mol. The Labute approximate surface area is 361 Å². The molecule has 2 saturated heterocycles. The van der Waals surface area contributed by atoms with Crippen molar-refractivity contribution >= 4 is 46.9 Å². The van der Waals surface area contributed by atoms with Crippen LogP contribution >= 0.6 is 0 Å². The lowest BCUT2D eigenvalue weighted by molar-refractivity contribution is -0.136. The first-order chi connectivity index (χ1) is 30.3. The first-order valence-corrected chi connectivity index (χ1v) is 21.8. The second kappa shape index (κ2) is 15.8. The van der Waals surface area contributed by atoms with E-state index in [0.717, 1.165) is 45.7 Å². The topological polar surface area (TPSA) is 166 Å². The van der Waals surface area contributed by atoms with Crippen molar-refractivity contribution in [1.82, 2.24) is 44.5 Å². The van der Waals surface area contributed by atoms with Gasteiger partial charge >= 0.3 is 0 Å². The molecular formula is C45H48F2N10O6. The van der Waals surface area contributed by atoms with Gasteiger partial charge in [-0.25, -0.2) is 8.78 Å². The number of hydrogen-bond donors (Lipinski definition) is 1. The third-order valence-corrected chi connectivity index (χ3v) is 13.7. The molecule has 0 saturated carbocycles. The van der Waals surface area contributed by atoms with Crippen LogP contribution in [0.3, 0.4) is 0 Å². The fourth-order valence-electron chi connectivity index (χ4n) is 10.4. The quantitative estimate of drug-likeness (QED) is 0.254. The standard InChI is InChI=1S/C45H48F2N10O6/c1-25(58)54-15-9-36-35(24-54)42(55-11-3-4-26-16-31(29-20-48-51(2)21-29)32(41(46)47)19-38(26)55)50-57(36)30-7-13-53(14-8-30)40(60)10-12-52-22-27-17-33-34(18-28(27)23-52)45(63)56(44(33)62)37-5-6-39(59)49-43(37)61/h16-21,30,37,41H,3-15,22-24H2,1-2H3,(H,49,59,61). The third kappa shape index (κ3) is 7.17. The molecule has 6 aliphatic heterocycles. The van der Waals surface area contributed by atoms with Crippen LogP contribution in [0.1, 0.15) is 112 Å². The highest BCUT2D eigenvalue weighted by atomic mass is 19.3. The highest BCUT2D eigenvalue weighted by Gasteiger charge is 2.45. The number of likely N-dealkylation sites (tertiary alicyclic amines) is 1. The van der Waals surface area contributed by atoms with Crippen molar-refractivity contribution < 1.29 is 37.5 Å². The number of benzene rings is 2. The van der Waals surface area contributed by atoms with Gasteiger partial charge in [0.15, 0.2) is 5.82 Å². The Kier molecular flexibility index (Phi) is 10.2. The van der Waals surface area contributed by atoms with Crippen LogP contribution in [0.25, 0.3) is 11.1 Å². The monoisotopic (exact) mass is 862 g/mol. The zero-order valence-corrected chi connectivity index (χ0v) is 35.2. The van der Waals surface area contributed by atoms with Gasteiger partial charge in [0.1, 0.15) is 6.04 Å². The van der Waals surface area contributed by atoms with Crippen LogP contribution in [0, 0.1) is 0 Å². The number of hydrogen-bond acceptors (Lipinski definition) is 10. The number of aryl methyl sites for hydroxylation is 2. The van der Waals surface area contributed by atoms with Gasteiger partial charge in [-0.2, -0.15) is 10.2 Å². The van der Waals surface area contributed by atoms with E-state index in [1.807, 2.05) is 15.9 Å². The number of halogens is 2. The lowest BCUT2D eigenvalue weighted by Crippen LogP contribution is -2.54. The van der Waals surface area contributed by atoms with Crippen molar-refractivity contribution in [3.63, 3.8) is 0 Å². The summed E-state index contributed by atoms with van der Waals surface area (Å²) in [5.74, 6) is -1.43. The Balaban J connectivity index is 0.810. The molecule has 2 aromatic carbocycles. The van der Waals surface area contributed by atoms with Crippen molar-refractivity contribution in [3.05, 3.63) is 81.3 Å². The molecule has 18 heteroatoms. The molecule has 1 unspecified atom stereocenters. The molecule has 1 atom stereocenters. The fraction of sp³-hybridized carbons (Fsp3) is 0.467. The molecule has 2 aromatic heterocycles. The molecule has 328 valence electrons. The summed E-state index contributed by atoms with van der Waals surface area (Å²) in [5, 5.41) is 11.7. The van der Waals surface area contributed by atoms with Gasteiger partial charge in [-0.05, 0) is 78.6 Å². The van der Waals surface area contributed by atoms with Gasteiger partial charge in [-0.3, -0.25) is 53.2 Å². The molecule has 0 bridgehead atoms. The number of nitrogens with one attached hydrogen (secondary N) is 1. The number of fused-ring (bicyclic) bond motifs is 4. The molecular weight excluding hydrogens is 815 g/mol. The number of nitrogens with zero attached hydrogens (tertiary/aromatic N) is 9. The average Bonchev–Trinajstić information content (AvgIpc) is 4.05. The molecule has 0 aliphatic carbocycles. The Morgan fingerprint density at radius 1 is 0.841 bits per heavy atom. The van der Waals surface area contributed by atoms with Crippen molar-refractivity contribution in [3.8, 4) is 11.1 Å². The third-order valence-electron chi connectivity index (χ3n) is 13.7. The Bertz CT molecular complexity index is 2570. The lowest BCUT2D eigenvalue weighted by Gasteiger charge is -2.34. The Morgan fingerprint density at radius 3 is 2.21 bits per heavy atom. The van der Waals surface area contributed by atoms with Crippen LogP contribution in [-0.4, -0.2) is 113 Å².